The standard InChI is InChI=1S/C18H17BrN4O4S/c1-25-14-7-10(8-15(26-2)16(14)27-3)17-21-22-18(28)23(17)20-9-11-6-12(19)4-5-13(11)24/h4-9,24H,1-3H3,(H,22,28)/b20-9-. The van der Waals surface area contributed by atoms with Gasteiger partial charge in [0.2, 0.25) is 10.5 Å². The normalized spacial score (nSPS) is 11.0. The Kier molecular flexibility index (Phi) is 6.00. The molecule has 0 aliphatic carbocycles. The summed E-state index contributed by atoms with van der Waals surface area (Å²) in [6.45, 7) is 0. The number of nitrogens with one attached hydrogen (secondary N) is 1. The first kappa shape index (κ1) is 19.9. The molecule has 0 amide bonds. The minimum Gasteiger partial charge on any atom is -0.507 e. The number of phenols is 1. The van der Waals surface area contributed by atoms with E-state index in [0.717, 1.165) is 4.47 Å². The number of nitrogens with zero attached hydrogens (tertiary/aromatic N) is 3. The molecule has 8 nitrogen and oxygen atoms in total. The molecule has 1 heterocycles. The van der Waals surface area contributed by atoms with Crippen molar-refractivity contribution in [3.8, 4) is 34.4 Å². The summed E-state index contributed by atoms with van der Waals surface area (Å²) in [6.07, 6.45) is 1.49. The highest BCUT2D eigenvalue weighted by atomic mass is 79.9. The van der Waals surface area contributed by atoms with Gasteiger partial charge in [-0.05, 0) is 42.5 Å². The topological polar surface area (TPSA) is 93.9 Å². The largest absolute Gasteiger partial charge is 0.507 e. The van der Waals surface area contributed by atoms with Gasteiger partial charge in [-0.2, -0.15) is 14.9 Å². The quantitative estimate of drug-likeness (QED) is 0.423. The third kappa shape index (κ3) is 3.87. The summed E-state index contributed by atoms with van der Waals surface area (Å²) in [7, 11) is 4.60. The first-order valence-corrected chi connectivity index (χ1v) is 9.19. The molecule has 0 aliphatic heterocycles. The highest BCUT2D eigenvalue weighted by molar-refractivity contribution is 9.10. The first-order chi connectivity index (χ1) is 13.5. The van der Waals surface area contributed by atoms with Gasteiger partial charge < -0.3 is 19.3 Å². The van der Waals surface area contributed by atoms with E-state index >= 15 is 0 Å². The van der Waals surface area contributed by atoms with E-state index in [1.165, 1.54) is 32.2 Å². The summed E-state index contributed by atoms with van der Waals surface area (Å²) < 4.78 is 18.7. The highest BCUT2D eigenvalue weighted by Gasteiger charge is 2.17. The molecule has 2 aromatic carbocycles. The summed E-state index contributed by atoms with van der Waals surface area (Å²) in [4.78, 5) is 0. The van der Waals surface area contributed by atoms with Crippen molar-refractivity contribution in [1.29, 1.82) is 0 Å². The summed E-state index contributed by atoms with van der Waals surface area (Å²) in [5, 5.41) is 21.3. The van der Waals surface area contributed by atoms with Gasteiger partial charge in [0.1, 0.15) is 5.75 Å². The third-order valence-electron chi connectivity index (χ3n) is 3.88. The average Bonchev–Trinajstić information content (AvgIpc) is 3.07. The second-order valence-corrected chi connectivity index (χ2v) is 6.83. The van der Waals surface area contributed by atoms with Crippen LogP contribution in [-0.2, 0) is 0 Å². The lowest BCUT2D eigenvalue weighted by molar-refractivity contribution is 0.324. The van der Waals surface area contributed by atoms with Crippen molar-refractivity contribution in [2.24, 2.45) is 5.10 Å². The molecular formula is C18H17BrN4O4S. The maximum atomic E-state index is 10.00. The Morgan fingerprint density at radius 2 is 1.82 bits per heavy atom. The van der Waals surface area contributed by atoms with Crippen LogP contribution in [0.25, 0.3) is 11.4 Å². The van der Waals surface area contributed by atoms with Crippen LogP contribution in [0.5, 0.6) is 23.0 Å². The van der Waals surface area contributed by atoms with Gasteiger partial charge in [0.05, 0.1) is 27.5 Å². The number of rotatable bonds is 6. The fourth-order valence-corrected chi connectivity index (χ4v) is 3.10. The lowest BCUT2D eigenvalue weighted by atomic mass is 10.1. The number of hydrogen-bond donors (Lipinski definition) is 2. The second kappa shape index (κ2) is 8.44. The summed E-state index contributed by atoms with van der Waals surface area (Å²) in [5.41, 5.74) is 1.17. The third-order valence-corrected chi connectivity index (χ3v) is 4.63. The van der Waals surface area contributed by atoms with Crippen LogP contribution in [0.15, 0.2) is 39.9 Å². The lowest BCUT2D eigenvalue weighted by Crippen LogP contribution is -1.99. The van der Waals surface area contributed by atoms with Crippen molar-refractivity contribution in [3.63, 3.8) is 0 Å². The maximum Gasteiger partial charge on any atom is 0.216 e. The summed E-state index contributed by atoms with van der Waals surface area (Å²) >= 11 is 8.66. The summed E-state index contributed by atoms with van der Waals surface area (Å²) in [6, 6.07) is 8.53. The van der Waals surface area contributed by atoms with Crippen molar-refractivity contribution in [3.05, 3.63) is 45.1 Å². The van der Waals surface area contributed by atoms with Crippen LogP contribution < -0.4 is 14.2 Å². The monoisotopic (exact) mass is 464 g/mol. The Balaban J connectivity index is 2.10. The number of ether oxygens (including phenoxy) is 3. The molecule has 0 aliphatic rings. The molecule has 0 unspecified atom stereocenters. The van der Waals surface area contributed by atoms with Gasteiger partial charge in [0.15, 0.2) is 17.3 Å². The lowest BCUT2D eigenvalue weighted by Gasteiger charge is -2.13. The second-order valence-electron chi connectivity index (χ2n) is 5.53. The van der Waals surface area contributed by atoms with Crippen LogP contribution in [0.1, 0.15) is 5.56 Å². The van der Waals surface area contributed by atoms with E-state index in [-0.39, 0.29) is 10.5 Å². The van der Waals surface area contributed by atoms with E-state index in [4.69, 9.17) is 26.4 Å². The Hall–Kier alpha value is -2.85. The van der Waals surface area contributed by atoms with E-state index in [2.05, 4.69) is 31.2 Å². The zero-order valence-electron chi connectivity index (χ0n) is 15.3. The Morgan fingerprint density at radius 1 is 1.14 bits per heavy atom. The molecule has 3 rings (SSSR count). The number of aromatic nitrogens is 3. The molecular weight excluding hydrogens is 448 g/mol. The molecule has 0 spiro atoms. The first-order valence-electron chi connectivity index (χ1n) is 7.99. The minimum atomic E-state index is 0.0938. The highest BCUT2D eigenvalue weighted by Crippen LogP contribution is 2.40. The van der Waals surface area contributed by atoms with Gasteiger partial charge in [-0.1, -0.05) is 15.9 Å². The molecule has 146 valence electrons. The number of hydrogen-bond acceptors (Lipinski definition) is 7. The predicted molar refractivity (Wildman–Crippen MR) is 111 cm³/mol. The average molecular weight is 465 g/mol. The van der Waals surface area contributed by atoms with Crippen LogP contribution in [0.4, 0.5) is 0 Å². The zero-order valence-corrected chi connectivity index (χ0v) is 17.7. The van der Waals surface area contributed by atoms with E-state index < -0.39 is 0 Å². The smallest absolute Gasteiger partial charge is 0.216 e. The number of H-pyrrole nitrogens is 1. The van der Waals surface area contributed by atoms with Crippen molar-refractivity contribution in [2.45, 2.75) is 0 Å². The minimum absolute atomic E-state index is 0.0938. The van der Waals surface area contributed by atoms with E-state index in [1.807, 2.05) is 0 Å². The molecule has 0 atom stereocenters. The molecule has 0 fully saturated rings. The fourth-order valence-electron chi connectivity index (χ4n) is 2.54. The fraction of sp³-hybridized carbons (Fsp3) is 0.167. The van der Waals surface area contributed by atoms with Crippen molar-refractivity contribution >= 4 is 34.4 Å². The molecule has 0 saturated heterocycles. The molecule has 0 saturated carbocycles. The van der Waals surface area contributed by atoms with Gasteiger partial charge in [-0.25, -0.2) is 5.10 Å². The van der Waals surface area contributed by atoms with Gasteiger partial charge >= 0.3 is 0 Å². The zero-order chi connectivity index (χ0) is 20.3. The predicted octanol–water partition coefficient (Wildman–Crippen LogP) is 3.98. The Bertz CT molecular complexity index is 1070. The molecule has 3 aromatic rings. The molecule has 1 aromatic heterocycles. The Labute approximate surface area is 174 Å². The van der Waals surface area contributed by atoms with Crippen LogP contribution in [-0.4, -0.2) is 47.5 Å². The summed E-state index contributed by atoms with van der Waals surface area (Å²) in [5.74, 6) is 1.96. The van der Waals surface area contributed by atoms with E-state index in [1.54, 1.807) is 30.3 Å². The van der Waals surface area contributed by atoms with E-state index in [0.29, 0.717) is 34.2 Å². The van der Waals surface area contributed by atoms with Crippen LogP contribution in [0, 0.1) is 4.77 Å². The molecule has 28 heavy (non-hydrogen) atoms. The van der Waals surface area contributed by atoms with Gasteiger partial charge in [-0.15, -0.1) is 0 Å². The Morgan fingerprint density at radius 3 is 2.43 bits per heavy atom. The number of phenolic OH excluding ortho intramolecular Hbond substituents is 1. The molecule has 0 radical (unpaired) electrons. The molecule has 0 bridgehead atoms. The maximum absolute atomic E-state index is 10.00. The number of methoxy groups -OCH3 is 3. The molecule has 2 N–H and O–H groups in total. The van der Waals surface area contributed by atoms with E-state index in [9.17, 15) is 5.11 Å². The van der Waals surface area contributed by atoms with Crippen LogP contribution in [0.3, 0.4) is 0 Å². The number of halogens is 1. The van der Waals surface area contributed by atoms with Crippen molar-refractivity contribution in [1.82, 2.24) is 14.9 Å². The van der Waals surface area contributed by atoms with Gasteiger partial charge in [-0.3, -0.25) is 0 Å². The van der Waals surface area contributed by atoms with Crippen LogP contribution in [0.2, 0.25) is 0 Å². The number of aromatic hydroxyl groups is 1. The van der Waals surface area contributed by atoms with Crippen molar-refractivity contribution < 1.29 is 19.3 Å². The van der Waals surface area contributed by atoms with Crippen LogP contribution >= 0.6 is 28.1 Å². The number of benzene rings is 2. The van der Waals surface area contributed by atoms with Gasteiger partial charge in [0, 0.05) is 15.6 Å². The number of aromatic amines is 1. The molecule has 10 heteroatoms. The van der Waals surface area contributed by atoms with Crippen molar-refractivity contribution in [2.75, 3.05) is 21.3 Å². The van der Waals surface area contributed by atoms with Gasteiger partial charge in [0.25, 0.3) is 0 Å². The SMILES string of the molecule is COc1cc(-c2n[nH]c(=S)n2/N=C\c2cc(Br)ccc2O)cc(OC)c1OC.